The van der Waals surface area contributed by atoms with Gasteiger partial charge >= 0.3 is 0 Å². The van der Waals surface area contributed by atoms with Crippen LogP contribution in [0.15, 0.2) is 60.8 Å². The third kappa shape index (κ3) is 3.85. The van der Waals surface area contributed by atoms with Gasteiger partial charge in [-0.2, -0.15) is 5.26 Å². The first-order chi connectivity index (χ1) is 13.8. The molecule has 0 saturated carbocycles. The molecule has 4 heteroatoms. The summed E-state index contributed by atoms with van der Waals surface area (Å²) in [6.07, 6.45) is 6.44. The normalized spacial score (nSPS) is 18.4. The number of nitrogens with zero attached hydrogens (tertiary/aromatic N) is 3. The number of hydrogen-bond donors (Lipinski definition) is 1. The van der Waals surface area contributed by atoms with E-state index in [9.17, 15) is 0 Å². The van der Waals surface area contributed by atoms with Gasteiger partial charge < -0.3 is 9.88 Å². The molecule has 1 aromatic heterocycles. The summed E-state index contributed by atoms with van der Waals surface area (Å²) in [6, 6.07) is 21.5. The number of nitriles is 1. The van der Waals surface area contributed by atoms with Crippen molar-refractivity contribution in [1.29, 1.82) is 5.26 Å². The van der Waals surface area contributed by atoms with E-state index in [4.69, 9.17) is 5.26 Å². The average Bonchev–Trinajstić information content (AvgIpc) is 3.14. The van der Waals surface area contributed by atoms with E-state index in [2.05, 4.69) is 70.3 Å². The van der Waals surface area contributed by atoms with Crippen LogP contribution in [0.3, 0.4) is 0 Å². The Morgan fingerprint density at radius 2 is 1.89 bits per heavy atom. The first kappa shape index (κ1) is 18.5. The van der Waals surface area contributed by atoms with Crippen LogP contribution < -0.4 is 5.32 Å². The maximum atomic E-state index is 9.04. The Morgan fingerprint density at radius 3 is 2.64 bits per heavy atom. The van der Waals surface area contributed by atoms with Gasteiger partial charge in [0.05, 0.1) is 29.6 Å². The van der Waals surface area contributed by atoms with Crippen LogP contribution >= 0.6 is 0 Å². The summed E-state index contributed by atoms with van der Waals surface area (Å²) in [7, 11) is 0. The molecule has 0 aliphatic carbocycles. The molecule has 0 spiro atoms. The minimum atomic E-state index is 0.299. The number of rotatable bonds is 6. The van der Waals surface area contributed by atoms with Crippen LogP contribution in [0.1, 0.15) is 59.6 Å². The van der Waals surface area contributed by atoms with Gasteiger partial charge in [0.2, 0.25) is 0 Å². The maximum absolute atomic E-state index is 9.04. The zero-order valence-electron chi connectivity index (χ0n) is 16.3. The fraction of sp³-hybridized carbons (Fsp3) is 0.333. The van der Waals surface area contributed by atoms with Gasteiger partial charge in [-0.3, -0.25) is 0 Å². The van der Waals surface area contributed by atoms with Gasteiger partial charge in [-0.15, -0.1) is 0 Å². The smallest absolute Gasteiger partial charge is 0.106 e. The van der Waals surface area contributed by atoms with E-state index in [0.29, 0.717) is 17.6 Å². The highest BCUT2D eigenvalue weighted by atomic mass is 15.1. The van der Waals surface area contributed by atoms with Crippen molar-refractivity contribution in [1.82, 2.24) is 14.9 Å². The molecule has 2 unspecified atom stereocenters. The third-order valence-corrected chi connectivity index (χ3v) is 5.71. The van der Waals surface area contributed by atoms with E-state index in [-0.39, 0.29) is 0 Å². The van der Waals surface area contributed by atoms with Gasteiger partial charge in [0.25, 0.3) is 0 Å². The summed E-state index contributed by atoms with van der Waals surface area (Å²) in [5.74, 6) is 1.06. The second-order valence-electron chi connectivity index (χ2n) is 7.52. The standard InChI is InChI=1S/C24H26N4/c1-18-27-17-24-22(26-15-5-8-19-6-3-2-4-7-19)13-14-23(28(18)24)21-11-9-20(16-25)10-12-21/h2-4,6-7,9-12,17,22-23,26H,5,8,13-15H2,1H3. The van der Waals surface area contributed by atoms with E-state index >= 15 is 0 Å². The van der Waals surface area contributed by atoms with E-state index in [1.54, 1.807) is 0 Å². The highest BCUT2D eigenvalue weighted by Crippen LogP contribution is 2.37. The molecule has 0 bridgehead atoms. The lowest BCUT2D eigenvalue weighted by Crippen LogP contribution is -2.31. The molecular weight excluding hydrogens is 344 g/mol. The molecule has 0 fully saturated rings. The minimum Gasteiger partial charge on any atom is -0.323 e. The van der Waals surface area contributed by atoms with Gasteiger partial charge in [-0.05, 0) is 62.4 Å². The fourth-order valence-electron chi connectivity index (χ4n) is 4.25. The lowest BCUT2D eigenvalue weighted by molar-refractivity contribution is 0.355. The van der Waals surface area contributed by atoms with Crippen molar-refractivity contribution < 1.29 is 0 Å². The molecule has 28 heavy (non-hydrogen) atoms. The van der Waals surface area contributed by atoms with Crippen molar-refractivity contribution in [2.24, 2.45) is 0 Å². The summed E-state index contributed by atoms with van der Waals surface area (Å²) < 4.78 is 2.37. The number of aromatic nitrogens is 2. The molecule has 4 nitrogen and oxygen atoms in total. The summed E-state index contributed by atoms with van der Waals surface area (Å²) in [5.41, 5.74) is 4.64. The van der Waals surface area contributed by atoms with Crippen molar-refractivity contribution >= 4 is 0 Å². The van der Waals surface area contributed by atoms with Crippen LogP contribution in [0.2, 0.25) is 0 Å². The Bertz CT molecular complexity index is 951. The lowest BCUT2D eigenvalue weighted by Gasteiger charge is -2.33. The van der Waals surface area contributed by atoms with Crippen molar-refractivity contribution in [3.8, 4) is 6.07 Å². The largest absolute Gasteiger partial charge is 0.323 e. The summed E-state index contributed by atoms with van der Waals surface area (Å²) in [6.45, 7) is 3.09. The fourth-order valence-corrected chi connectivity index (χ4v) is 4.25. The SMILES string of the molecule is Cc1ncc2n1C(c1ccc(C#N)cc1)CCC2NCCCc1ccccc1. The quantitative estimate of drug-likeness (QED) is 0.639. The summed E-state index contributed by atoms with van der Waals surface area (Å²) in [4.78, 5) is 4.60. The summed E-state index contributed by atoms with van der Waals surface area (Å²) in [5, 5.41) is 12.8. The molecular formula is C24H26N4. The predicted molar refractivity (Wildman–Crippen MR) is 111 cm³/mol. The van der Waals surface area contributed by atoms with Crippen molar-refractivity contribution in [2.45, 2.75) is 44.7 Å². The van der Waals surface area contributed by atoms with E-state index in [1.807, 2.05) is 18.3 Å². The number of imidazole rings is 1. The van der Waals surface area contributed by atoms with Crippen LogP contribution in [0, 0.1) is 18.3 Å². The third-order valence-electron chi connectivity index (χ3n) is 5.71. The first-order valence-corrected chi connectivity index (χ1v) is 10.1. The Balaban J connectivity index is 1.43. The molecule has 0 amide bonds. The number of fused-ring (bicyclic) bond motifs is 1. The van der Waals surface area contributed by atoms with Gasteiger partial charge in [0.1, 0.15) is 5.82 Å². The Hall–Kier alpha value is -2.90. The van der Waals surface area contributed by atoms with E-state index < -0.39 is 0 Å². The summed E-state index contributed by atoms with van der Waals surface area (Å²) >= 11 is 0. The highest BCUT2D eigenvalue weighted by Gasteiger charge is 2.29. The van der Waals surface area contributed by atoms with Crippen LogP contribution in [0.4, 0.5) is 0 Å². The molecule has 2 atom stereocenters. The first-order valence-electron chi connectivity index (χ1n) is 10.1. The van der Waals surface area contributed by atoms with Gasteiger partial charge in [0, 0.05) is 6.04 Å². The highest BCUT2D eigenvalue weighted by molar-refractivity contribution is 5.34. The van der Waals surface area contributed by atoms with Gasteiger partial charge in [0.15, 0.2) is 0 Å². The minimum absolute atomic E-state index is 0.299. The second kappa shape index (κ2) is 8.41. The van der Waals surface area contributed by atoms with Crippen molar-refractivity contribution in [3.05, 3.63) is 89.0 Å². The molecule has 1 aliphatic rings. The Morgan fingerprint density at radius 1 is 1.11 bits per heavy atom. The topological polar surface area (TPSA) is 53.6 Å². The van der Waals surface area contributed by atoms with Crippen LogP contribution in [-0.4, -0.2) is 16.1 Å². The number of aryl methyl sites for hydroxylation is 2. The molecule has 0 radical (unpaired) electrons. The predicted octanol–water partition coefficient (Wildman–Crippen LogP) is 4.71. The van der Waals surface area contributed by atoms with Gasteiger partial charge in [-0.25, -0.2) is 4.98 Å². The molecule has 1 N–H and O–H groups in total. The molecule has 0 saturated heterocycles. The van der Waals surface area contributed by atoms with Crippen molar-refractivity contribution in [3.63, 3.8) is 0 Å². The van der Waals surface area contributed by atoms with Crippen LogP contribution in [0.25, 0.3) is 0 Å². The molecule has 4 rings (SSSR count). The Kier molecular flexibility index (Phi) is 5.55. The molecule has 142 valence electrons. The molecule has 2 aromatic carbocycles. The molecule has 1 aliphatic heterocycles. The van der Waals surface area contributed by atoms with Gasteiger partial charge in [-0.1, -0.05) is 42.5 Å². The monoisotopic (exact) mass is 370 g/mol. The zero-order valence-corrected chi connectivity index (χ0v) is 16.3. The number of hydrogen-bond acceptors (Lipinski definition) is 3. The second-order valence-corrected chi connectivity index (χ2v) is 7.52. The van der Waals surface area contributed by atoms with Crippen LogP contribution in [-0.2, 0) is 6.42 Å². The lowest BCUT2D eigenvalue weighted by atomic mass is 9.92. The maximum Gasteiger partial charge on any atom is 0.106 e. The van der Waals surface area contributed by atoms with Crippen molar-refractivity contribution in [2.75, 3.05) is 6.54 Å². The molecule has 3 aromatic rings. The van der Waals surface area contributed by atoms with Crippen LogP contribution in [0.5, 0.6) is 0 Å². The molecule has 2 heterocycles. The average molecular weight is 371 g/mol. The zero-order chi connectivity index (χ0) is 19.3. The number of benzene rings is 2. The van der Waals surface area contributed by atoms with E-state index in [1.165, 1.54) is 16.8 Å². The Labute approximate surface area is 166 Å². The number of nitrogens with one attached hydrogen (secondary N) is 1. The van der Waals surface area contributed by atoms with E-state index in [0.717, 1.165) is 38.1 Å².